The third kappa shape index (κ3) is 6.66. The van der Waals surface area contributed by atoms with Crippen LogP contribution in [0.5, 0.6) is 0 Å². The van der Waals surface area contributed by atoms with Crippen LogP contribution >= 0.6 is 0 Å². The molecule has 0 radical (unpaired) electrons. The zero-order valence-electron chi connectivity index (χ0n) is 20.9. The molecular weight excluding hydrogens is 450 g/mol. The average molecular weight is 488 g/mol. The van der Waals surface area contributed by atoms with Gasteiger partial charge in [0.1, 0.15) is 0 Å². The molecule has 0 amide bonds. The molecule has 1 aliphatic carbocycles. The SMILES string of the molecule is CC(C)=CCCC(C)CCO/C(=N/S(=O)(=O)c1ccc(C)cc1)[C@@H]1CO[C@@]2(C)C=CC(=O)C[C@@H]12. The van der Waals surface area contributed by atoms with E-state index in [-0.39, 0.29) is 35.5 Å². The minimum Gasteiger partial charge on any atom is -0.480 e. The fraction of sp³-hybridized carbons (Fsp3) is 0.556. The maximum absolute atomic E-state index is 13.1. The predicted molar refractivity (Wildman–Crippen MR) is 134 cm³/mol. The lowest BCUT2D eigenvalue weighted by molar-refractivity contribution is -0.117. The van der Waals surface area contributed by atoms with Crippen molar-refractivity contribution in [1.29, 1.82) is 0 Å². The third-order valence-electron chi connectivity index (χ3n) is 6.74. The van der Waals surface area contributed by atoms with Gasteiger partial charge in [-0.2, -0.15) is 8.42 Å². The minimum absolute atomic E-state index is 0.00612. The van der Waals surface area contributed by atoms with Gasteiger partial charge in [-0.15, -0.1) is 4.40 Å². The highest BCUT2D eigenvalue weighted by Crippen LogP contribution is 2.43. The first kappa shape index (κ1) is 26.4. The number of benzene rings is 1. The number of hydrogen-bond donors (Lipinski definition) is 0. The normalized spacial score (nSPS) is 25.7. The number of carbonyl (C=O) groups excluding carboxylic acids is 1. The maximum Gasteiger partial charge on any atom is 0.285 e. The van der Waals surface area contributed by atoms with Crippen LogP contribution in [0.4, 0.5) is 0 Å². The van der Waals surface area contributed by atoms with Gasteiger partial charge in [-0.05, 0) is 77.2 Å². The molecule has 2 aliphatic rings. The fourth-order valence-electron chi connectivity index (χ4n) is 4.44. The summed E-state index contributed by atoms with van der Waals surface area (Å²) in [6.45, 7) is 10.8. The van der Waals surface area contributed by atoms with E-state index in [0.717, 1.165) is 24.8 Å². The third-order valence-corrected chi connectivity index (χ3v) is 8.02. The Balaban J connectivity index is 1.81. The smallest absolute Gasteiger partial charge is 0.285 e. The number of fused-ring (bicyclic) bond motifs is 1. The summed E-state index contributed by atoms with van der Waals surface area (Å²) in [7, 11) is -3.96. The van der Waals surface area contributed by atoms with Crippen LogP contribution in [-0.2, 0) is 24.3 Å². The second kappa shape index (κ2) is 11.0. The summed E-state index contributed by atoms with van der Waals surface area (Å²) < 4.78 is 42.5. The van der Waals surface area contributed by atoms with Crippen LogP contribution in [0, 0.1) is 24.7 Å². The summed E-state index contributed by atoms with van der Waals surface area (Å²) in [6.07, 6.45) is 8.67. The van der Waals surface area contributed by atoms with E-state index in [2.05, 4.69) is 31.2 Å². The van der Waals surface area contributed by atoms with Crippen LogP contribution in [0.15, 0.2) is 57.4 Å². The molecule has 7 heteroatoms. The van der Waals surface area contributed by atoms with Gasteiger partial charge in [0.05, 0.1) is 29.6 Å². The van der Waals surface area contributed by atoms with E-state index in [4.69, 9.17) is 9.47 Å². The van der Waals surface area contributed by atoms with Crippen LogP contribution in [-0.4, -0.2) is 38.9 Å². The van der Waals surface area contributed by atoms with Crippen molar-refractivity contribution in [3.05, 3.63) is 53.6 Å². The van der Waals surface area contributed by atoms with Crippen LogP contribution < -0.4 is 0 Å². The summed E-state index contributed by atoms with van der Waals surface area (Å²) in [6, 6.07) is 6.60. The predicted octanol–water partition coefficient (Wildman–Crippen LogP) is 5.42. The molecular formula is C27H37NO5S. The van der Waals surface area contributed by atoms with E-state index in [1.165, 1.54) is 5.57 Å². The highest BCUT2D eigenvalue weighted by atomic mass is 32.2. The molecule has 34 heavy (non-hydrogen) atoms. The summed E-state index contributed by atoms with van der Waals surface area (Å²) >= 11 is 0. The molecule has 1 heterocycles. The molecule has 1 aliphatic heterocycles. The molecule has 0 saturated carbocycles. The molecule has 0 N–H and O–H groups in total. The van der Waals surface area contributed by atoms with Crippen molar-refractivity contribution in [3.63, 3.8) is 0 Å². The van der Waals surface area contributed by atoms with Gasteiger partial charge in [0.25, 0.3) is 10.0 Å². The van der Waals surface area contributed by atoms with Crippen LogP contribution in [0.3, 0.4) is 0 Å². The number of sulfonamides is 1. The van der Waals surface area contributed by atoms with Gasteiger partial charge in [0.2, 0.25) is 5.90 Å². The van der Waals surface area contributed by atoms with Gasteiger partial charge in [-0.1, -0.05) is 36.3 Å². The van der Waals surface area contributed by atoms with Gasteiger partial charge >= 0.3 is 0 Å². The first-order chi connectivity index (χ1) is 16.0. The number of nitrogens with zero attached hydrogens (tertiary/aromatic N) is 1. The quantitative estimate of drug-likeness (QED) is 0.264. The minimum atomic E-state index is -3.96. The molecule has 0 spiro atoms. The number of ketones is 1. The molecule has 1 unspecified atom stereocenters. The number of rotatable bonds is 9. The zero-order chi connectivity index (χ0) is 24.9. The number of carbonyl (C=O) groups is 1. The Hall–Kier alpha value is -2.25. The molecule has 0 bridgehead atoms. The molecule has 1 fully saturated rings. The van der Waals surface area contributed by atoms with E-state index in [1.807, 2.05) is 13.8 Å². The van der Waals surface area contributed by atoms with Gasteiger partial charge in [-0.3, -0.25) is 4.79 Å². The monoisotopic (exact) mass is 487 g/mol. The first-order valence-corrected chi connectivity index (χ1v) is 13.5. The highest BCUT2D eigenvalue weighted by Gasteiger charge is 2.50. The molecule has 6 nitrogen and oxygen atoms in total. The second-order valence-corrected chi connectivity index (χ2v) is 11.6. The van der Waals surface area contributed by atoms with E-state index in [9.17, 15) is 13.2 Å². The summed E-state index contributed by atoms with van der Waals surface area (Å²) in [4.78, 5) is 12.3. The molecule has 186 valence electrons. The summed E-state index contributed by atoms with van der Waals surface area (Å²) in [5, 5.41) is 0. The van der Waals surface area contributed by atoms with Gasteiger partial charge in [-0.25, -0.2) is 0 Å². The molecule has 1 aromatic carbocycles. The standard InChI is InChI=1S/C27H37NO5S/c1-19(2)7-6-8-20(3)14-16-32-26(28-34(30,31)23-11-9-21(4)10-12-23)24-18-33-27(5)15-13-22(29)17-25(24)27/h7,9-13,15,20,24-25H,6,8,14,16-18H2,1-5H3/b28-26+/t20?,24-,25+,27+/m1/s1. The number of ether oxygens (including phenoxy) is 2. The van der Waals surface area contributed by atoms with Crippen molar-refractivity contribution in [3.8, 4) is 0 Å². The Bertz CT molecular complexity index is 1070. The van der Waals surface area contributed by atoms with Gasteiger partial charge < -0.3 is 9.47 Å². The number of allylic oxidation sites excluding steroid dienone is 3. The Morgan fingerprint density at radius 2 is 1.97 bits per heavy atom. The number of aryl methyl sites for hydroxylation is 1. The van der Waals surface area contributed by atoms with E-state index in [0.29, 0.717) is 12.5 Å². The lowest BCUT2D eigenvalue weighted by atomic mass is 9.75. The Morgan fingerprint density at radius 3 is 2.65 bits per heavy atom. The van der Waals surface area contributed by atoms with Crippen LogP contribution in [0.25, 0.3) is 0 Å². The first-order valence-electron chi connectivity index (χ1n) is 12.0. The lowest BCUT2D eigenvalue weighted by Crippen LogP contribution is -2.38. The van der Waals surface area contributed by atoms with Gasteiger partial charge in [0, 0.05) is 12.3 Å². The van der Waals surface area contributed by atoms with Gasteiger partial charge in [0.15, 0.2) is 5.78 Å². The topological polar surface area (TPSA) is 82.0 Å². The Morgan fingerprint density at radius 1 is 1.26 bits per heavy atom. The van der Waals surface area contributed by atoms with Crippen molar-refractivity contribution in [2.24, 2.45) is 22.2 Å². The van der Waals surface area contributed by atoms with Crippen molar-refractivity contribution < 1.29 is 22.7 Å². The maximum atomic E-state index is 13.1. The second-order valence-electron chi connectivity index (χ2n) is 10.0. The molecule has 3 rings (SSSR count). The Labute approximate surface area is 204 Å². The lowest BCUT2D eigenvalue weighted by Gasteiger charge is -2.32. The average Bonchev–Trinajstić information content (AvgIpc) is 3.10. The summed E-state index contributed by atoms with van der Waals surface area (Å²) in [5.74, 6) is -0.0393. The molecule has 1 aromatic rings. The van der Waals surface area contributed by atoms with Crippen molar-refractivity contribution in [2.75, 3.05) is 13.2 Å². The van der Waals surface area contributed by atoms with E-state index >= 15 is 0 Å². The van der Waals surface area contributed by atoms with E-state index < -0.39 is 21.5 Å². The molecule has 0 aromatic heterocycles. The molecule has 1 saturated heterocycles. The Kier molecular flexibility index (Phi) is 8.52. The fourth-order valence-corrected chi connectivity index (χ4v) is 5.45. The van der Waals surface area contributed by atoms with Crippen LogP contribution in [0.2, 0.25) is 0 Å². The van der Waals surface area contributed by atoms with Crippen molar-refractivity contribution in [1.82, 2.24) is 0 Å². The van der Waals surface area contributed by atoms with E-state index in [1.54, 1.807) is 36.4 Å². The number of hydrogen-bond acceptors (Lipinski definition) is 5. The largest absolute Gasteiger partial charge is 0.480 e. The van der Waals surface area contributed by atoms with Crippen molar-refractivity contribution in [2.45, 2.75) is 70.8 Å². The van der Waals surface area contributed by atoms with Crippen molar-refractivity contribution >= 4 is 21.7 Å². The van der Waals surface area contributed by atoms with Crippen LogP contribution in [0.1, 0.15) is 58.9 Å². The molecule has 4 atom stereocenters. The highest BCUT2D eigenvalue weighted by molar-refractivity contribution is 7.90. The zero-order valence-corrected chi connectivity index (χ0v) is 21.7. The summed E-state index contributed by atoms with van der Waals surface area (Å²) in [5.41, 5.74) is 1.64.